The average molecular weight is 514 g/mol. The lowest BCUT2D eigenvalue weighted by atomic mass is 9.69. The molecular formula is C25H38Cl2N4O3. The summed E-state index contributed by atoms with van der Waals surface area (Å²) in [4.78, 5) is 34.5. The van der Waals surface area contributed by atoms with Gasteiger partial charge >= 0.3 is 6.09 Å². The fraction of sp³-hybridized carbons (Fsp3) is 0.680. The monoisotopic (exact) mass is 512 g/mol. The van der Waals surface area contributed by atoms with Crippen LogP contribution in [0, 0.1) is 5.41 Å². The molecule has 1 atom stereocenters. The van der Waals surface area contributed by atoms with Gasteiger partial charge in [0.25, 0.3) is 5.91 Å². The van der Waals surface area contributed by atoms with E-state index in [1.54, 1.807) is 6.07 Å². The third kappa shape index (κ3) is 4.98. The quantitative estimate of drug-likeness (QED) is 0.606. The molecule has 1 aromatic carbocycles. The first-order valence-electron chi connectivity index (χ1n) is 12.2. The van der Waals surface area contributed by atoms with E-state index in [4.69, 9.17) is 23.2 Å². The topological polar surface area (TPSA) is 67.3 Å². The first kappa shape index (κ1) is 26.9. The highest BCUT2D eigenvalue weighted by atomic mass is 35.5. The van der Waals surface area contributed by atoms with Crippen LogP contribution in [0.5, 0.6) is 0 Å². The summed E-state index contributed by atoms with van der Waals surface area (Å²) in [6, 6.07) is 5.89. The van der Waals surface area contributed by atoms with E-state index in [2.05, 4.69) is 23.6 Å². The largest absolute Gasteiger partial charge is 0.465 e. The number of benzene rings is 1. The number of carboxylic acid groups (broad SMARTS) is 1. The van der Waals surface area contributed by atoms with E-state index in [-0.39, 0.29) is 5.91 Å². The Hall–Kier alpha value is -1.70. The summed E-state index contributed by atoms with van der Waals surface area (Å²) in [6.45, 7) is 14.0. The third-order valence-electron chi connectivity index (χ3n) is 7.62. The fourth-order valence-electron chi connectivity index (χ4n) is 5.51. The van der Waals surface area contributed by atoms with Crippen molar-refractivity contribution in [1.82, 2.24) is 14.7 Å². The SMILES string of the molecule is CCC(CC)N1CCN(C(=O)O)[C@](C(=O)N2CCN(c3ccc(Cl)c(Cl)c3)CC2)(C(C)(C)C)C1. The minimum atomic E-state index is -1.15. The molecule has 2 aliphatic rings. The molecule has 0 bridgehead atoms. The molecule has 3 rings (SSSR count). The number of carbonyl (C=O) groups is 2. The van der Waals surface area contributed by atoms with Crippen LogP contribution in [0.15, 0.2) is 18.2 Å². The molecule has 190 valence electrons. The Morgan fingerprint density at radius 3 is 2.12 bits per heavy atom. The van der Waals surface area contributed by atoms with Crippen LogP contribution in [0.4, 0.5) is 10.5 Å². The smallest absolute Gasteiger partial charge is 0.408 e. The van der Waals surface area contributed by atoms with Gasteiger partial charge in [0.05, 0.1) is 10.0 Å². The number of carbonyl (C=O) groups excluding carboxylic acids is 1. The molecule has 2 aliphatic heterocycles. The van der Waals surface area contributed by atoms with Gasteiger partial charge in [0, 0.05) is 57.5 Å². The van der Waals surface area contributed by atoms with Gasteiger partial charge in [0.2, 0.25) is 0 Å². The summed E-state index contributed by atoms with van der Waals surface area (Å²) in [5.41, 5.74) is -0.754. The van der Waals surface area contributed by atoms with Crippen LogP contribution in [0.25, 0.3) is 0 Å². The summed E-state index contributed by atoms with van der Waals surface area (Å²) in [7, 11) is 0. The van der Waals surface area contributed by atoms with Gasteiger partial charge < -0.3 is 14.9 Å². The maximum absolute atomic E-state index is 14.3. The van der Waals surface area contributed by atoms with Crippen LogP contribution in [0.1, 0.15) is 47.5 Å². The second kappa shape index (κ2) is 10.5. The summed E-state index contributed by atoms with van der Waals surface area (Å²) in [6.07, 6.45) is 0.919. The molecule has 2 heterocycles. The second-order valence-electron chi connectivity index (χ2n) is 10.4. The van der Waals surface area contributed by atoms with E-state index in [0.717, 1.165) is 18.5 Å². The zero-order chi connectivity index (χ0) is 25.3. The lowest BCUT2D eigenvalue weighted by Gasteiger charge is -2.57. The number of rotatable bonds is 5. The average Bonchev–Trinajstić information content (AvgIpc) is 2.80. The van der Waals surface area contributed by atoms with E-state index < -0.39 is 17.0 Å². The predicted molar refractivity (Wildman–Crippen MR) is 138 cm³/mol. The van der Waals surface area contributed by atoms with Gasteiger partial charge in [-0.25, -0.2) is 4.79 Å². The van der Waals surface area contributed by atoms with Gasteiger partial charge in [-0.2, -0.15) is 0 Å². The van der Waals surface area contributed by atoms with Crippen LogP contribution in [-0.4, -0.2) is 89.2 Å². The van der Waals surface area contributed by atoms with E-state index in [9.17, 15) is 14.7 Å². The molecular weight excluding hydrogens is 475 g/mol. The van der Waals surface area contributed by atoms with Crippen LogP contribution >= 0.6 is 23.2 Å². The van der Waals surface area contributed by atoms with Crippen molar-refractivity contribution in [3.63, 3.8) is 0 Å². The number of nitrogens with zero attached hydrogens (tertiary/aromatic N) is 4. The van der Waals surface area contributed by atoms with E-state index in [0.29, 0.717) is 61.9 Å². The number of amides is 2. The number of hydrogen-bond donors (Lipinski definition) is 1. The van der Waals surface area contributed by atoms with Gasteiger partial charge in [0.1, 0.15) is 5.54 Å². The standard InChI is InChI=1S/C25H38Cl2N4O3/c1-6-18(7-2)30-14-15-31(23(33)34)25(17-30,24(3,4)5)22(32)29-12-10-28(11-13-29)19-8-9-20(26)21(27)16-19/h8-9,16,18H,6-7,10-15,17H2,1-5H3,(H,33,34)/t25-/m1/s1. The van der Waals surface area contributed by atoms with Crippen molar-refractivity contribution in [2.24, 2.45) is 5.41 Å². The van der Waals surface area contributed by atoms with Gasteiger partial charge in [-0.15, -0.1) is 0 Å². The van der Waals surface area contributed by atoms with Crippen molar-refractivity contribution < 1.29 is 14.7 Å². The number of piperazine rings is 2. The molecule has 0 radical (unpaired) electrons. The first-order chi connectivity index (χ1) is 16.0. The Bertz CT molecular complexity index is 895. The summed E-state index contributed by atoms with van der Waals surface area (Å²) >= 11 is 12.3. The minimum absolute atomic E-state index is 0.0909. The van der Waals surface area contributed by atoms with Crippen molar-refractivity contribution in [2.45, 2.75) is 59.0 Å². The van der Waals surface area contributed by atoms with Crippen molar-refractivity contribution in [3.8, 4) is 0 Å². The van der Waals surface area contributed by atoms with Gasteiger partial charge in [0.15, 0.2) is 0 Å². The molecule has 2 fully saturated rings. The molecule has 9 heteroatoms. The van der Waals surface area contributed by atoms with E-state index in [1.165, 1.54) is 4.90 Å². The lowest BCUT2D eigenvalue weighted by Crippen LogP contribution is -2.76. The molecule has 2 amide bonds. The van der Waals surface area contributed by atoms with Crippen LogP contribution in [0.2, 0.25) is 10.0 Å². The second-order valence-corrected chi connectivity index (χ2v) is 11.2. The molecule has 2 saturated heterocycles. The summed E-state index contributed by atoms with van der Waals surface area (Å²) in [5.74, 6) is -0.0909. The maximum Gasteiger partial charge on any atom is 0.408 e. The Balaban J connectivity index is 1.88. The highest BCUT2D eigenvalue weighted by molar-refractivity contribution is 6.42. The highest BCUT2D eigenvalue weighted by Crippen LogP contribution is 2.41. The number of hydrogen-bond acceptors (Lipinski definition) is 4. The van der Waals surface area contributed by atoms with Crippen molar-refractivity contribution in [2.75, 3.05) is 50.7 Å². The Morgan fingerprint density at radius 2 is 1.62 bits per heavy atom. The normalized spacial score (nSPS) is 22.4. The summed E-state index contributed by atoms with van der Waals surface area (Å²) in [5, 5.41) is 11.2. The highest BCUT2D eigenvalue weighted by Gasteiger charge is 2.59. The van der Waals surface area contributed by atoms with E-state index in [1.807, 2.05) is 37.8 Å². The van der Waals surface area contributed by atoms with Crippen LogP contribution in [0.3, 0.4) is 0 Å². The summed E-state index contributed by atoms with van der Waals surface area (Å²) < 4.78 is 0. The Labute approximate surface area is 213 Å². The van der Waals surface area contributed by atoms with Crippen LogP contribution < -0.4 is 4.90 Å². The zero-order valence-electron chi connectivity index (χ0n) is 21.0. The fourth-order valence-corrected chi connectivity index (χ4v) is 5.80. The molecule has 0 aromatic heterocycles. The Morgan fingerprint density at radius 1 is 1.00 bits per heavy atom. The number of halogens is 2. The van der Waals surface area contributed by atoms with Gasteiger partial charge in [-0.05, 0) is 36.5 Å². The van der Waals surface area contributed by atoms with E-state index >= 15 is 0 Å². The molecule has 34 heavy (non-hydrogen) atoms. The van der Waals surface area contributed by atoms with Crippen molar-refractivity contribution >= 4 is 40.9 Å². The van der Waals surface area contributed by atoms with Crippen molar-refractivity contribution in [3.05, 3.63) is 28.2 Å². The van der Waals surface area contributed by atoms with Gasteiger partial charge in [-0.3, -0.25) is 14.6 Å². The Kier molecular flexibility index (Phi) is 8.31. The van der Waals surface area contributed by atoms with Crippen molar-refractivity contribution in [1.29, 1.82) is 0 Å². The zero-order valence-corrected chi connectivity index (χ0v) is 22.5. The molecule has 7 nitrogen and oxygen atoms in total. The molecule has 0 spiro atoms. The molecule has 0 unspecified atom stereocenters. The molecule has 0 saturated carbocycles. The third-order valence-corrected chi connectivity index (χ3v) is 8.36. The predicted octanol–water partition coefficient (Wildman–Crippen LogP) is 4.91. The molecule has 1 aromatic rings. The molecule has 0 aliphatic carbocycles. The number of anilines is 1. The maximum atomic E-state index is 14.3. The lowest BCUT2D eigenvalue weighted by molar-refractivity contribution is -0.160. The first-order valence-corrected chi connectivity index (χ1v) is 13.0. The minimum Gasteiger partial charge on any atom is -0.465 e. The molecule has 1 N–H and O–H groups in total. The van der Waals surface area contributed by atoms with Gasteiger partial charge in [-0.1, -0.05) is 57.8 Å². The van der Waals surface area contributed by atoms with Crippen LogP contribution in [-0.2, 0) is 4.79 Å².